The van der Waals surface area contributed by atoms with Crippen molar-refractivity contribution in [1.82, 2.24) is 40.4 Å². The Labute approximate surface area is 203 Å². The zero-order valence-corrected chi connectivity index (χ0v) is 19.9. The van der Waals surface area contributed by atoms with Crippen LogP contribution in [0.25, 0.3) is 50.3 Å². The third-order valence-electron chi connectivity index (χ3n) is 5.59. The fraction of sp³-hybridized carbons (Fsp3) is 0.148. The van der Waals surface area contributed by atoms with E-state index in [0.29, 0.717) is 17.6 Å². The van der Waals surface area contributed by atoms with E-state index in [1.54, 1.807) is 24.8 Å². The average molecular weight is 463 g/mol. The molecule has 0 radical (unpaired) electrons. The van der Waals surface area contributed by atoms with Crippen molar-refractivity contribution in [2.75, 3.05) is 0 Å². The molecule has 8 nitrogen and oxygen atoms in total. The second-order valence-electron chi connectivity index (χ2n) is 8.42. The van der Waals surface area contributed by atoms with Gasteiger partial charge in [0.2, 0.25) is 0 Å². The van der Waals surface area contributed by atoms with Crippen LogP contribution in [0.2, 0.25) is 0 Å². The molecule has 5 heterocycles. The van der Waals surface area contributed by atoms with Crippen LogP contribution in [0.5, 0.6) is 0 Å². The van der Waals surface area contributed by atoms with Gasteiger partial charge in [0.15, 0.2) is 11.5 Å². The Hall–Kier alpha value is -4.59. The molecule has 0 unspecified atom stereocenters. The van der Waals surface area contributed by atoms with Crippen molar-refractivity contribution in [3.8, 4) is 22.6 Å². The Balaban J connectivity index is 1.59. The molecule has 3 N–H and O–H groups in total. The second-order valence-corrected chi connectivity index (χ2v) is 8.42. The lowest BCUT2D eigenvalue weighted by molar-refractivity contribution is 0.682. The standard InChI is InChI=1S/C27H26N8/c1-5-17(12-19(6-2)30-16(3)4)21-9-10-22-25(31-21)26(35-34-22)27-32-23-15-29-14-20(24(23)33-27)18-8-7-11-28-13-18/h5-16,30H,2H2,1,3-4H3,(H,32,33)(H,34,35)/b17-5+,19-12+. The number of aromatic amines is 2. The number of rotatable bonds is 7. The molecule has 5 rings (SSSR count). The molecule has 0 aliphatic rings. The fourth-order valence-electron chi connectivity index (χ4n) is 3.97. The number of pyridine rings is 3. The molecule has 0 aliphatic carbocycles. The lowest BCUT2D eigenvalue weighted by atomic mass is 10.1. The predicted molar refractivity (Wildman–Crippen MR) is 140 cm³/mol. The van der Waals surface area contributed by atoms with Gasteiger partial charge in [-0.1, -0.05) is 18.7 Å². The van der Waals surface area contributed by atoms with E-state index >= 15 is 0 Å². The minimum atomic E-state index is 0.299. The van der Waals surface area contributed by atoms with Gasteiger partial charge in [0, 0.05) is 41.5 Å². The van der Waals surface area contributed by atoms with Crippen LogP contribution in [0.3, 0.4) is 0 Å². The maximum Gasteiger partial charge on any atom is 0.161 e. The number of fused-ring (bicyclic) bond motifs is 2. The van der Waals surface area contributed by atoms with E-state index in [-0.39, 0.29) is 0 Å². The van der Waals surface area contributed by atoms with Crippen molar-refractivity contribution in [3.05, 3.63) is 85.3 Å². The van der Waals surface area contributed by atoms with Gasteiger partial charge in [-0.05, 0) is 56.7 Å². The molecular weight excluding hydrogens is 436 g/mol. The van der Waals surface area contributed by atoms with Crippen LogP contribution in [0.4, 0.5) is 0 Å². The Morgan fingerprint density at radius 2 is 1.91 bits per heavy atom. The highest BCUT2D eigenvalue weighted by Crippen LogP contribution is 2.30. The summed E-state index contributed by atoms with van der Waals surface area (Å²) in [6.07, 6.45) is 13.0. The van der Waals surface area contributed by atoms with Gasteiger partial charge in [0.25, 0.3) is 0 Å². The molecule has 35 heavy (non-hydrogen) atoms. The summed E-state index contributed by atoms with van der Waals surface area (Å²) in [5, 5.41) is 11.0. The van der Waals surface area contributed by atoms with Gasteiger partial charge in [-0.15, -0.1) is 0 Å². The molecule has 5 aromatic rings. The number of imidazole rings is 1. The van der Waals surface area contributed by atoms with Crippen LogP contribution < -0.4 is 5.32 Å². The summed E-state index contributed by atoms with van der Waals surface area (Å²) in [6, 6.07) is 8.16. The van der Waals surface area contributed by atoms with E-state index in [2.05, 4.69) is 50.9 Å². The highest BCUT2D eigenvalue weighted by Gasteiger charge is 2.17. The first-order chi connectivity index (χ1) is 17.1. The molecule has 0 saturated carbocycles. The minimum absolute atomic E-state index is 0.299. The molecule has 0 fully saturated rings. The van der Waals surface area contributed by atoms with E-state index < -0.39 is 0 Å². The minimum Gasteiger partial charge on any atom is -0.383 e. The number of aromatic nitrogens is 7. The second kappa shape index (κ2) is 9.34. The summed E-state index contributed by atoms with van der Waals surface area (Å²) in [7, 11) is 0. The van der Waals surface area contributed by atoms with Crippen molar-refractivity contribution >= 4 is 27.6 Å². The van der Waals surface area contributed by atoms with Gasteiger partial charge in [-0.25, -0.2) is 9.97 Å². The van der Waals surface area contributed by atoms with Crippen molar-refractivity contribution in [2.45, 2.75) is 26.8 Å². The quantitative estimate of drug-likeness (QED) is 0.278. The van der Waals surface area contributed by atoms with E-state index in [1.807, 2.05) is 49.4 Å². The number of nitrogens with zero attached hydrogens (tertiary/aromatic N) is 5. The van der Waals surface area contributed by atoms with E-state index in [9.17, 15) is 0 Å². The Bertz CT molecular complexity index is 1570. The van der Waals surface area contributed by atoms with Gasteiger partial charge in [0.1, 0.15) is 11.0 Å². The first-order valence-corrected chi connectivity index (χ1v) is 11.4. The lowest BCUT2D eigenvalue weighted by Gasteiger charge is -2.12. The topological polar surface area (TPSA) is 108 Å². The summed E-state index contributed by atoms with van der Waals surface area (Å²) in [6.45, 7) is 10.1. The number of allylic oxidation sites excluding steroid dienone is 4. The zero-order valence-electron chi connectivity index (χ0n) is 19.9. The summed E-state index contributed by atoms with van der Waals surface area (Å²) < 4.78 is 0. The van der Waals surface area contributed by atoms with Gasteiger partial charge in [-0.3, -0.25) is 15.1 Å². The molecule has 0 aromatic carbocycles. The van der Waals surface area contributed by atoms with Gasteiger partial charge < -0.3 is 10.3 Å². The van der Waals surface area contributed by atoms with E-state index in [4.69, 9.17) is 9.97 Å². The van der Waals surface area contributed by atoms with Crippen LogP contribution in [0, 0.1) is 0 Å². The molecule has 0 aliphatic heterocycles. The molecule has 174 valence electrons. The highest BCUT2D eigenvalue weighted by atomic mass is 15.1. The van der Waals surface area contributed by atoms with Crippen molar-refractivity contribution in [1.29, 1.82) is 0 Å². The van der Waals surface area contributed by atoms with Gasteiger partial charge in [0.05, 0.1) is 22.9 Å². The Morgan fingerprint density at radius 3 is 2.66 bits per heavy atom. The molecule has 8 heteroatoms. The van der Waals surface area contributed by atoms with Crippen molar-refractivity contribution < 1.29 is 0 Å². The van der Waals surface area contributed by atoms with Crippen LogP contribution in [-0.2, 0) is 0 Å². The molecule has 0 spiro atoms. The summed E-state index contributed by atoms with van der Waals surface area (Å²) in [5.74, 6) is 0.625. The molecule has 0 amide bonds. The number of hydrogen-bond donors (Lipinski definition) is 3. The Morgan fingerprint density at radius 1 is 1.03 bits per heavy atom. The number of nitrogens with one attached hydrogen (secondary N) is 3. The van der Waals surface area contributed by atoms with Crippen LogP contribution in [0.1, 0.15) is 26.5 Å². The lowest BCUT2D eigenvalue weighted by Crippen LogP contribution is -2.20. The zero-order chi connectivity index (χ0) is 24.4. The predicted octanol–water partition coefficient (Wildman–Crippen LogP) is 5.43. The monoisotopic (exact) mass is 462 g/mol. The van der Waals surface area contributed by atoms with Crippen LogP contribution >= 0.6 is 0 Å². The third kappa shape index (κ3) is 4.33. The van der Waals surface area contributed by atoms with Crippen LogP contribution in [0.15, 0.2) is 79.6 Å². The molecule has 5 aromatic heterocycles. The summed E-state index contributed by atoms with van der Waals surface area (Å²) >= 11 is 0. The normalized spacial score (nSPS) is 12.6. The van der Waals surface area contributed by atoms with Crippen molar-refractivity contribution in [3.63, 3.8) is 0 Å². The first kappa shape index (κ1) is 22.2. The van der Waals surface area contributed by atoms with Gasteiger partial charge >= 0.3 is 0 Å². The fourth-order valence-corrected chi connectivity index (χ4v) is 3.97. The SMILES string of the molecule is C=C/C(=C\C(=C/C)c1ccc2[nH]nc(-c3nc4c(-c5cccnc5)cncc4[nH]3)c2n1)NC(C)C. The molecule has 0 bridgehead atoms. The van der Waals surface area contributed by atoms with Gasteiger partial charge in [-0.2, -0.15) is 5.10 Å². The largest absolute Gasteiger partial charge is 0.383 e. The van der Waals surface area contributed by atoms with E-state index in [1.165, 1.54) is 0 Å². The molecular formula is C27H26N8. The Kier molecular flexibility index (Phi) is 5.93. The maximum atomic E-state index is 4.95. The number of H-pyrrole nitrogens is 2. The first-order valence-electron chi connectivity index (χ1n) is 11.4. The highest BCUT2D eigenvalue weighted by molar-refractivity contribution is 5.95. The average Bonchev–Trinajstić information content (AvgIpc) is 3.50. The smallest absolute Gasteiger partial charge is 0.161 e. The maximum absolute atomic E-state index is 4.95. The molecule has 0 saturated heterocycles. The number of hydrogen-bond acceptors (Lipinski definition) is 6. The van der Waals surface area contributed by atoms with Crippen LogP contribution in [-0.4, -0.2) is 41.2 Å². The van der Waals surface area contributed by atoms with Crippen molar-refractivity contribution in [2.24, 2.45) is 0 Å². The summed E-state index contributed by atoms with van der Waals surface area (Å²) in [5.41, 5.74) is 8.46. The third-order valence-corrected chi connectivity index (χ3v) is 5.59. The van der Waals surface area contributed by atoms with E-state index in [0.717, 1.165) is 50.2 Å². The molecule has 0 atom stereocenters. The summed E-state index contributed by atoms with van der Waals surface area (Å²) in [4.78, 5) is 21.8.